The molecule has 1 aliphatic rings. The van der Waals surface area contributed by atoms with Gasteiger partial charge in [0.2, 0.25) is 0 Å². The summed E-state index contributed by atoms with van der Waals surface area (Å²) in [5.41, 5.74) is 0.808. The maximum atomic E-state index is 11.4. The number of amides is 2. The van der Waals surface area contributed by atoms with E-state index in [0.717, 1.165) is 2.80 Å². The fourth-order valence-corrected chi connectivity index (χ4v) is 2.58. The van der Waals surface area contributed by atoms with Crippen LogP contribution in [0.4, 0.5) is 0 Å². The van der Waals surface area contributed by atoms with E-state index >= 15 is 0 Å². The number of benzene rings is 1. The summed E-state index contributed by atoms with van der Waals surface area (Å²) >= 11 is -1.97. The number of hydrogen-bond donors (Lipinski definition) is 1. The monoisotopic (exact) mass is 372 g/mol. The average Bonchev–Trinajstić information content (AvgIpc) is 2.41. The molecular weight excluding hydrogens is 367 g/mol. The molecule has 66 valence electrons. The van der Waals surface area contributed by atoms with Gasteiger partial charge in [-0.05, 0) is 0 Å². The van der Waals surface area contributed by atoms with Crippen LogP contribution in [0.5, 0.6) is 0 Å². The van der Waals surface area contributed by atoms with Gasteiger partial charge in [0.25, 0.3) is 0 Å². The first-order chi connectivity index (χ1) is 6.25. The zero-order valence-corrected chi connectivity index (χ0v) is 9.60. The first-order valence-electron chi connectivity index (χ1n) is 3.55. The van der Waals surface area contributed by atoms with Crippen molar-refractivity contribution in [1.29, 1.82) is 0 Å². The molecule has 5 heteroatoms. The predicted molar refractivity (Wildman–Crippen MR) is 44.9 cm³/mol. The molecule has 0 fully saturated rings. The van der Waals surface area contributed by atoms with Crippen LogP contribution in [0.3, 0.4) is 0 Å². The Morgan fingerprint density at radius 3 is 1.92 bits per heavy atom. The van der Waals surface area contributed by atoms with E-state index in [-0.39, 0.29) is 11.8 Å². The van der Waals surface area contributed by atoms with Gasteiger partial charge in [-0.2, -0.15) is 0 Å². The van der Waals surface area contributed by atoms with Gasteiger partial charge in [-0.15, -0.1) is 0 Å². The minimum absolute atomic E-state index is 0.354. The van der Waals surface area contributed by atoms with E-state index in [4.69, 9.17) is 3.14 Å². The summed E-state index contributed by atoms with van der Waals surface area (Å²) in [5, 5.41) is 0. The SMILES string of the molecule is O=C1c2ccccc2C(=O)[N]1[Po][OH]. The molecule has 1 aromatic carbocycles. The number of rotatable bonds is 1. The van der Waals surface area contributed by atoms with Crippen molar-refractivity contribution in [2.45, 2.75) is 0 Å². The van der Waals surface area contributed by atoms with E-state index in [1.807, 2.05) is 0 Å². The van der Waals surface area contributed by atoms with E-state index in [1.165, 1.54) is 0 Å². The van der Waals surface area contributed by atoms with Crippen LogP contribution >= 0.6 is 0 Å². The van der Waals surface area contributed by atoms with E-state index in [0.29, 0.717) is 11.1 Å². The summed E-state index contributed by atoms with van der Waals surface area (Å²) in [6.07, 6.45) is 0. The minimum atomic E-state index is -1.97. The number of fused-ring (bicyclic) bond motifs is 1. The molecule has 1 aromatic rings. The quantitative estimate of drug-likeness (QED) is 0.696. The van der Waals surface area contributed by atoms with Gasteiger partial charge in [0.15, 0.2) is 0 Å². The van der Waals surface area contributed by atoms with Gasteiger partial charge in [-0.3, -0.25) is 0 Å². The van der Waals surface area contributed by atoms with Gasteiger partial charge >= 0.3 is 87.0 Å². The standard InChI is InChI=1S/C8H5NO2.H2O.Po/c10-7-5-3-1-2-4-6(5)8(11)9-7;;/h1-4H,(H,9,10,11);1H2;/q;;+2/p-2. The number of carbonyl (C=O) groups excluding carboxylic acids is 2. The third kappa shape index (κ3) is 1.20. The Hall–Kier alpha value is -0.784. The summed E-state index contributed by atoms with van der Waals surface area (Å²) in [7, 11) is 0. The third-order valence-electron chi connectivity index (χ3n) is 1.84. The van der Waals surface area contributed by atoms with Gasteiger partial charge in [0.1, 0.15) is 0 Å². The molecule has 0 saturated carbocycles. The van der Waals surface area contributed by atoms with Crippen molar-refractivity contribution in [1.82, 2.24) is 2.80 Å². The van der Waals surface area contributed by atoms with Gasteiger partial charge in [-0.1, -0.05) is 0 Å². The second-order valence-corrected chi connectivity index (χ2v) is 4.59. The fraction of sp³-hybridized carbons (Fsp3) is 0. The topological polar surface area (TPSA) is 57.6 Å². The Balaban J connectivity index is 2.57. The van der Waals surface area contributed by atoms with Crippen LogP contribution in [0.15, 0.2) is 24.3 Å². The van der Waals surface area contributed by atoms with Crippen LogP contribution in [-0.4, -0.2) is 42.1 Å². The van der Waals surface area contributed by atoms with E-state index in [2.05, 4.69) is 0 Å². The zero-order valence-electron chi connectivity index (χ0n) is 6.43. The normalized spacial score (nSPS) is 15.0. The van der Waals surface area contributed by atoms with Gasteiger partial charge < -0.3 is 0 Å². The second kappa shape index (κ2) is 3.17. The van der Waals surface area contributed by atoms with Crippen molar-refractivity contribution in [2.75, 3.05) is 0 Å². The summed E-state index contributed by atoms with van der Waals surface area (Å²) in [5.74, 6) is -0.707. The molecule has 1 aliphatic heterocycles. The molecule has 0 aliphatic carbocycles. The number of carbonyl (C=O) groups is 2. The van der Waals surface area contributed by atoms with E-state index in [9.17, 15) is 9.59 Å². The van der Waals surface area contributed by atoms with Crippen molar-refractivity contribution in [3.63, 3.8) is 0 Å². The molecule has 13 heavy (non-hydrogen) atoms. The Labute approximate surface area is 87.0 Å². The summed E-state index contributed by atoms with van der Waals surface area (Å²) in [6.45, 7) is 0. The predicted octanol–water partition coefficient (Wildman–Crippen LogP) is -0.191. The van der Waals surface area contributed by atoms with Crippen LogP contribution in [0, 0.1) is 0 Å². The molecule has 1 N–H and O–H groups in total. The maximum absolute atomic E-state index is 11.4. The van der Waals surface area contributed by atoms with Crippen LogP contribution < -0.4 is 0 Å². The molecule has 4 nitrogen and oxygen atoms in total. The second-order valence-electron chi connectivity index (χ2n) is 2.53. The molecular formula is C8H5NO3Po. The number of imide groups is 1. The molecule has 0 spiro atoms. The Morgan fingerprint density at radius 2 is 1.54 bits per heavy atom. The van der Waals surface area contributed by atoms with Crippen molar-refractivity contribution >= 4 is 36.1 Å². The number of hydrogen-bond acceptors (Lipinski definition) is 3. The first-order valence-corrected chi connectivity index (χ1v) is 6.39. The van der Waals surface area contributed by atoms with Gasteiger partial charge in [-0.25, -0.2) is 0 Å². The van der Waals surface area contributed by atoms with Crippen molar-refractivity contribution in [2.24, 2.45) is 0 Å². The molecule has 0 unspecified atom stereocenters. The molecule has 0 atom stereocenters. The molecule has 2 amide bonds. The van der Waals surface area contributed by atoms with E-state index < -0.39 is 24.3 Å². The Morgan fingerprint density at radius 1 is 1.08 bits per heavy atom. The van der Waals surface area contributed by atoms with Crippen molar-refractivity contribution < 1.29 is 12.7 Å². The summed E-state index contributed by atoms with van der Waals surface area (Å²) in [4.78, 5) is 22.8. The van der Waals surface area contributed by atoms with E-state index in [1.54, 1.807) is 24.3 Å². The molecule has 1 heterocycles. The Bertz CT molecular complexity index is 356. The van der Waals surface area contributed by atoms with Gasteiger partial charge in [0.05, 0.1) is 0 Å². The molecule has 2 rings (SSSR count). The van der Waals surface area contributed by atoms with Crippen LogP contribution in [0.25, 0.3) is 0 Å². The number of nitrogens with zero attached hydrogens (tertiary/aromatic N) is 1. The van der Waals surface area contributed by atoms with Gasteiger partial charge in [0, 0.05) is 0 Å². The van der Waals surface area contributed by atoms with Crippen LogP contribution in [-0.2, 0) is 0 Å². The van der Waals surface area contributed by atoms with Crippen LogP contribution in [0.2, 0.25) is 0 Å². The fourth-order valence-electron chi connectivity index (χ4n) is 1.24. The zero-order chi connectivity index (χ0) is 9.42. The molecule has 0 aromatic heterocycles. The average molecular weight is 372 g/mol. The first kappa shape index (κ1) is 8.80. The summed E-state index contributed by atoms with van der Waals surface area (Å²) < 4.78 is 9.91. The molecule has 0 bridgehead atoms. The van der Waals surface area contributed by atoms with Crippen LogP contribution in [0.1, 0.15) is 20.7 Å². The molecule has 0 radical (unpaired) electrons. The summed E-state index contributed by atoms with van der Waals surface area (Å²) in [6, 6.07) is 6.61. The van der Waals surface area contributed by atoms with Crippen molar-refractivity contribution in [3.8, 4) is 0 Å². The third-order valence-corrected chi connectivity index (χ3v) is 3.76. The van der Waals surface area contributed by atoms with Crippen molar-refractivity contribution in [3.05, 3.63) is 35.4 Å². The Kier molecular flexibility index (Phi) is 2.15. The molecule has 0 saturated heterocycles.